The van der Waals surface area contributed by atoms with E-state index in [2.05, 4.69) is 13.0 Å². The van der Waals surface area contributed by atoms with Crippen molar-refractivity contribution in [3.05, 3.63) is 29.3 Å². The summed E-state index contributed by atoms with van der Waals surface area (Å²) in [6, 6.07) is 6.13. The van der Waals surface area contributed by atoms with Crippen LogP contribution in [0.2, 0.25) is 0 Å². The van der Waals surface area contributed by atoms with Crippen LogP contribution >= 0.6 is 0 Å². The Hall–Kier alpha value is -1.02. The highest BCUT2D eigenvalue weighted by atomic mass is 16.5. The van der Waals surface area contributed by atoms with E-state index in [0.717, 1.165) is 37.2 Å². The molecule has 80 valence electrons. The molecule has 1 aliphatic heterocycles. The van der Waals surface area contributed by atoms with Gasteiger partial charge in [-0.3, -0.25) is 0 Å². The first-order valence-electron chi connectivity index (χ1n) is 5.66. The van der Waals surface area contributed by atoms with E-state index in [1.165, 1.54) is 5.56 Å². The third-order valence-electron chi connectivity index (χ3n) is 3.60. The van der Waals surface area contributed by atoms with Crippen LogP contribution in [0.25, 0.3) is 0 Å². The molecule has 2 aliphatic rings. The Morgan fingerprint density at radius 3 is 2.93 bits per heavy atom. The second kappa shape index (κ2) is 2.99. The van der Waals surface area contributed by atoms with Crippen molar-refractivity contribution in [3.63, 3.8) is 0 Å². The zero-order valence-corrected chi connectivity index (χ0v) is 8.99. The van der Waals surface area contributed by atoms with E-state index in [0.29, 0.717) is 5.92 Å². The Morgan fingerprint density at radius 1 is 1.40 bits per heavy atom. The minimum Gasteiger partial charge on any atom is -0.493 e. The van der Waals surface area contributed by atoms with Crippen LogP contribution < -0.4 is 4.74 Å². The largest absolute Gasteiger partial charge is 0.493 e. The summed E-state index contributed by atoms with van der Waals surface area (Å²) in [5, 5.41) is 10.3. The van der Waals surface area contributed by atoms with Gasteiger partial charge in [0.2, 0.25) is 0 Å². The van der Waals surface area contributed by atoms with Gasteiger partial charge < -0.3 is 9.84 Å². The van der Waals surface area contributed by atoms with Gasteiger partial charge in [0.15, 0.2) is 0 Å². The van der Waals surface area contributed by atoms with Crippen LogP contribution in [0.5, 0.6) is 5.75 Å². The second-order valence-corrected chi connectivity index (χ2v) is 4.97. The molecule has 1 aromatic carbocycles. The standard InChI is InChI=1S/C13H16O2/c1-9-7-13(14,8-9)11-2-3-12-10(6-11)4-5-15-12/h2-3,6,9,14H,4-5,7-8H2,1H3. The van der Waals surface area contributed by atoms with Gasteiger partial charge in [-0.05, 0) is 42.0 Å². The molecule has 3 rings (SSSR count). The fourth-order valence-electron chi connectivity index (χ4n) is 2.80. The molecule has 0 spiro atoms. The molecule has 2 nitrogen and oxygen atoms in total. The van der Waals surface area contributed by atoms with Crippen molar-refractivity contribution in [2.45, 2.75) is 31.8 Å². The van der Waals surface area contributed by atoms with E-state index in [1.807, 2.05) is 12.1 Å². The Labute approximate surface area is 89.9 Å². The number of aliphatic hydroxyl groups is 1. The maximum Gasteiger partial charge on any atom is 0.122 e. The fraction of sp³-hybridized carbons (Fsp3) is 0.538. The average Bonchev–Trinajstić information content (AvgIpc) is 2.61. The summed E-state index contributed by atoms with van der Waals surface area (Å²) in [6.07, 6.45) is 2.77. The van der Waals surface area contributed by atoms with Crippen molar-refractivity contribution in [2.24, 2.45) is 5.92 Å². The van der Waals surface area contributed by atoms with Crippen molar-refractivity contribution in [2.75, 3.05) is 6.61 Å². The second-order valence-electron chi connectivity index (χ2n) is 4.97. The van der Waals surface area contributed by atoms with E-state index in [9.17, 15) is 5.11 Å². The molecule has 2 heteroatoms. The molecule has 1 saturated carbocycles. The highest BCUT2D eigenvalue weighted by Crippen LogP contribution is 2.46. The third kappa shape index (κ3) is 1.36. The predicted molar refractivity (Wildman–Crippen MR) is 57.9 cm³/mol. The molecule has 1 heterocycles. The first kappa shape index (κ1) is 9.22. The van der Waals surface area contributed by atoms with Crippen LogP contribution in [0.15, 0.2) is 18.2 Å². The third-order valence-corrected chi connectivity index (χ3v) is 3.60. The molecule has 1 aliphatic carbocycles. The van der Waals surface area contributed by atoms with E-state index in [-0.39, 0.29) is 0 Å². The molecule has 0 bridgehead atoms. The lowest BCUT2D eigenvalue weighted by Crippen LogP contribution is -2.39. The first-order chi connectivity index (χ1) is 7.17. The molecule has 0 radical (unpaired) electrons. The summed E-state index contributed by atoms with van der Waals surface area (Å²) >= 11 is 0. The average molecular weight is 204 g/mol. The van der Waals surface area contributed by atoms with Gasteiger partial charge in [0.1, 0.15) is 5.75 Å². The number of rotatable bonds is 1. The zero-order chi connectivity index (χ0) is 10.5. The molecular weight excluding hydrogens is 188 g/mol. The normalized spacial score (nSPS) is 33.1. The van der Waals surface area contributed by atoms with Crippen molar-refractivity contribution < 1.29 is 9.84 Å². The van der Waals surface area contributed by atoms with Crippen LogP contribution in [0.1, 0.15) is 30.9 Å². The molecule has 0 atom stereocenters. The molecule has 1 fully saturated rings. The van der Waals surface area contributed by atoms with Crippen LogP contribution in [-0.4, -0.2) is 11.7 Å². The first-order valence-corrected chi connectivity index (χ1v) is 5.66. The SMILES string of the molecule is CC1CC(O)(c2ccc3c(c2)CCO3)C1. The van der Waals surface area contributed by atoms with Crippen LogP contribution in [-0.2, 0) is 12.0 Å². The van der Waals surface area contributed by atoms with Gasteiger partial charge in [-0.25, -0.2) is 0 Å². The van der Waals surface area contributed by atoms with Gasteiger partial charge in [-0.2, -0.15) is 0 Å². The molecule has 0 saturated heterocycles. The van der Waals surface area contributed by atoms with E-state index in [1.54, 1.807) is 0 Å². The summed E-state index contributed by atoms with van der Waals surface area (Å²) in [7, 11) is 0. The smallest absolute Gasteiger partial charge is 0.122 e. The van der Waals surface area contributed by atoms with Gasteiger partial charge in [-0.15, -0.1) is 0 Å². The summed E-state index contributed by atoms with van der Waals surface area (Å²) in [4.78, 5) is 0. The lowest BCUT2D eigenvalue weighted by molar-refractivity contribution is -0.0738. The highest BCUT2D eigenvalue weighted by molar-refractivity contribution is 5.42. The van der Waals surface area contributed by atoms with Gasteiger partial charge >= 0.3 is 0 Å². The van der Waals surface area contributed by atoms with Gasteiger partial charge in [0, 0.05) is 6.42 Å². The molecule has 0 aromatic heterocycles. The zero-order valence-electron chi connectivity index (χ0n) is 8.99. The molecule has 1 aromatic rings. The van der Waals surface area contributed by atoms with Crippen molar-refractivity contribution in [3.8, 4) is 5.75 Å². The van der Waals surface area contributed by atoms with Gasteiger partial charge in [0.05, 0.1) is 12.2 Å². The molecular formula is C13H16O2. The topological polar surface area (TPSA) is 29.5 Å². The van der Waals surface area contributed by atoms with E-state index < -0.39 is 5.60 Å². The predicted octanol–water partition coefficient (Wildman–Crippen LogP) is 2.24. The summed E-state index contributed by atoms with van der Waals surface area (Å²) in [5.74, 6) is 1.65. The number of hydrogen-bond donors (Lipinski definition) is 1. The maximum absolute atomic E-state index is 10.3. The summed E-state index contributed by atoms with van der Waals surface area (Å²) < 4.78 is 5.46. The van der Waals surface area contributed by atoms with Gasteiger partial charge in [-0.1, -0.05) is 13.0 Å². The minimum absolute atomic E-state index is 0.558. The number of ether oxygens (including phenoxy) is 1. The number of fused-ring (bicyclic) bond motifs is 1. The minimum atomic E-state index is -0.558. The number of benzene rings is 1. The van der Waals surface area contributed by atoms with Crippen molar-refractivity contribution >= 4 is 0 Å². The van der Waals surface area contributed by atoms with E-state index >= 15 is 0 Å². The van der Waals surface area contributed by atoms with E-state index in [4.69, 9.17) is 4.74 Å². The molecule has 0 unspecified atom stereocenters. The Kier molecular flexibility index (Phi) is 1.84. The number of hydrogen-bond acceptors (Lipinski definition) is 2. The summed E-state index contributed by atoms with van der Waals surface area (Å²) in [6.45, 7) is 2.97. The molecule has 0 amide bonds. The lowest BCUT2D eigenvalue weighted by Gasteiger charge is -2.42. The molecule has 1 N–H and O–H groups in total. The van der Waals surface area contributed by atoms with Gasteiger partial charge in [0.25, 0.3) is 0 Å². The maximum atomic E-state index is 10.3. The lowest BCUT2D eigenvalue weighted by atomic mass is 9.68. The highest BCUT2D eigenvalue weighted by Gasteiger charge is 2.41. The van der Waals surface area contributed by atoms with Crippen LogP contribution in [0.3, 0.4) is 0 Å². The Balaban J connectivity index is 1.93. The fourth-order valence-corrected chi connectivity index (χ4v) is 2.80. The quantitative estimate of drug-likeness (QED) is 0.760. The van der Waals surface area contributed by atoms with Crippen molar-refractivity contribution in [1.29, 1.82) is 0 Å². The Morgan fingerprint density at radius 2 is 2.20 bits per heavy atom. The summed E-state index contributed by atoms with van der Waals surface area (Å²) in [5.41, 5.74) is 1.77. The Bertz CT molecular complexity index is 392. The van der Waals surface area contributed by atoms with Crippen LogP contribution in [0.4, 0.5) is 0 Å². The molecule has 15 heavy (non-hydrogen) atoms. The van der Waals surface area contributed by atoms with Crippen LogP contribution in [0, 0.1) is 5.92 Å². The monoisotopic (exact) mass is 204 g/mol. The van der Waals surface area contributed by atoms with Crippen molar-refractivity contribution in [1.82, 2.24) is 0 Å².